The normalized spacial score (nSPS) is 11.1. The zero-order chi connectivity index (χ0) is 14.4. The number of anilines is 1. The molecule has 4 N–H and O–H groups in total. The second-order valence-electron chi connectivity index (χ2n) is 4.13. The number of nitrogens with one attached hydrogen (secondary N) is 1. The zero-order valence-corrected chi connectivity index (χ0v) is 10.7. The Morgan fingerprint density at radius 1 is 1.25 bits per heavy atom. The van der Waals surface area contributed by atoms with E-state index in [-0.39, 0.29) is 11.7 Å². The van der Waals surface area contributed by atoms with Crippen LogP contribution in [-0.4, -0.2) is 21.9 Å². The number of aromatic nitrogens is 1. The Balaban J connectivity index is 2.02. The summed E-state index contributed by atoms with van der Waals surface area (Å²) in [6, 6.07) is 12.2. The number of oxime groups is 1. The van der Waals surface area contributed by atoms with E-state index in [1.165, 1.54) is 0 Å². The lowest BCUT2D eigenvalue weighted by Crippen LogP contribution is -2.15. The summed E-state index contributed by atoms with van der Waals surface area (Å²) in [6.07, 6.45) is 1.92. The number of carbonyl (C=O) groups is 1. The van der Waals surface area contributed by atoms with Crippen LogP contribution < -0.4 is 11.1 Å². The fourth-order valence-corrected chi connectivity index (χ4v) is 1.64. The van der Waals surface area contributed by atoms with Crippen LogP contribution in [0.4, 0.5) is 5.69 Å². The summed E-state index contributed by atoms with van der Waals surface area (Å²) < 4.78 is 0. The number of hydrogen-bond donors (Lipinski definition) is 3. The Kier molecular flexibility index (Phi) is 4.28. The third-order valence-electron chi connectivity index (χ3n) is 2.62. The van der Waals surface area contributed by atoms with Crippen molar-refractivity contribution in [3.63, 3.8) is 0 Å². The number of amides is 1. The van der Waals surface area contributed by atoms with E-state index < -0.39 is 0 Å². The number of hydrogen-bond acceptors (Lipinski definition) is 4. The molecule has 1 heterocycles. The minimum absolute atomic E-state index is 0.135. The van der Waals surface area contributed by atoms with Gasteiger partial charge in [0.1, 0.15) is 11.5 Å². The monoisotopic (exact) mass is 270 g/mol. The molecule has 102 valence electrons. The molecule has 1 aromatic carbocycles. The van der Waals surface area contributed by atoms with Gasteiger partial charge in [-0.1, -0.05) is 23.4 Å². The highest BCUT2D eigenvalue weighted by Gasteiger charge is 2.06. The van der Waals surface area contributed by atoms with Gasteiger partial charge in [0.25, 0.3) is 5.91 Å². The van der Waals surface area contributed by atoms with E-state index in [0.29, 0.717) is 17.8 Å². The summed E-state index contributed by atoms with van der Waals surface area (Å²) in [7, 11) is 0. The van der Waals surface area contributed by atoms with Gasteiger partial charge in [-0.3, -0.25) is 9.78 Å². The van der Waals surface area contributed by atoms with Crippen LogP contribution in [0.5, 0.6) is 0 Å². The first-order valence-corrected chi connectivity index (χ1v) is 5.97. The smallest absolute Gasteiger partial charge is 0.274 e. The zero-order valence-electron chi connectivity index (χ0n) is 10.7. The molecule has 0 radical (unpaired) electrons. The molecule has 2 aromatic rings. The van der Waals surface area contributed by atoms with Crippen molar-refractivity contribution in [2.24, 2.45) is 10.9 Å². The lowest BCUT2D eigenvalue weighted by atomic mass is 10.1. The van der Waals surface area contributed by atoms with Gasteiger partial charge in [0, 0.05) is 18.3 Å². The highest BCUT2D eigenvalue weighted by atomic mass is 16.4. The Bertz CT molecular complexity index is 609. The summed E-state index contributed by atoms with van der Waals surface area (Å²) >= 11 is 0. The molecule has 1 aromatic heterocycles. The van der Waals surface area contributed by atoms with Crippen LogP contribution in [0.3, 0.4) is 0 Å². The van der Waals surface area contributed by atoms with Crippen LogP contribution in [-0.2, 0) is 6.42 Å². The predicted molar refractivity (Wildman–Crippen MR) is 75.7 cm³/mol. The van der Waals surface area contributed by atoms with Gasteiger partial charge >= 0.3 is 0 Å². The SMILES string of the molecule is NC(Cc1ccc(NC(=O)c2ccccn2)cc1)=NO. The van der Waals surface area contributed by atoms with Gasteiger partial charge in [-0.05, 0) is 29.8 Å². The lowest BCUT2D eigenvalue weighted by Gasteiger charge is -2.06. The van der Waals surface area contributed by atoms with Crippen molar-refractivity contribution in [2.75, 3.05) is 5.32 Å². The highest BCUT2D eigenvalue weighted by Crippen LogP contribution is 2.11. The second-order valence-corrected chi connectivity index (χ2v) is 4.13. The fraction of sp³-hybridized carbons (Fsp3) is 0.0714. The Hall–Kier alpha value is -2.89. The number of carbonyl (C=O) groups excluding carboxylic acids is 1. The van der Waals surface area contributed by atoms with Crippen molar-refractivity contribution < 1.29 is 10.0 Å². The van der Waals surface area contributed by atoms with Crippen molar-refractivity contribution in [3.05, 3.63) is 59.9 Å². The molecular weight excluding hydrogens is 256 g/mol. The van der Waals surface area contributed by atoms with E-state index >= 15 is 0 Å². The molecule has 0 bridgehead atoms. The van der Waals surface area contributed by atoms with E-state index in [9.17, 15) is 4.79 Å². The van der Waals surface area contributed by atoms with Crippen LogP contribution >= 0.6 is 0 Å². The van der Waals surface area contributed by atoms with Crippen molar-refractivity contribution in [3.8, 4) is 0 Å². The quantitative estimate of drug-likeness (QED) is 0.340. The maximum absolute atomic E-state index is 11.9. The molecule has 2 rings (SSSR count). The molecule has 0 saturated heterocycles. The standard InChI is InChI=1S/C14H14N4O2/c15-13(18-20)9-10-4-6-11(7-5-10)17-14(19)12-3-1-2-8-16-12/h1-8,20H,9H2,(H2,15,18)(H,17,19). The van der Waals surface area contributed by atoms with Gasteiger partial charge in [-0.15, -0.1) is 0 Å². The van der Waals surface area contributed by atoms with Crippen molar-refractivity contribution in [1.82, 2.24) is 4.98 Å². The second kappa shape index (κ2) is 6.33. The topological polar surface area (TPSA) is 101 Å². The first-order chi connectivity index (χ1) is 9.69. The summed E-state index contributed by atoms with van der Waals surface area (Å²) in [5, 5.41) is 14.1. The predicted octanol–water partition coefficient (Wildman–Crippen LogP) is 1.62. The molecule has 1 amide bonds. The summed E-state index contributed by atoms with van der Waals surface area (Å²) in [4.78, 5) is 15.8. The molecule has 6 heteroatoms. The number of amidine groups is 1. The Labute approximate surface area is 115 Å². The van der Waals surface area contributed by atoms with Gasteiger partial charge in [-0.2, -0.15) is 0 Å². The van der Waals surface area contributed by atoms with Gasteiger partial charge < -0.3 is 16.3 Å². The molecular formula is C14H14N4O2. The molecule has 0 aliphatic heterocycles. The average Bonchev–Trinajstić information content (AvgIpc) is 2.50. The summed E-state index contributed by atoms with van der Waals surface area (Å²) in [6.45, 7) is 0. The first kappa shape index (κ1) is 13.5. The maximum atomic E-state index is 11.9. The fourth-order valence-electron chi connectivity index (χ4n) is 1.64. The molecule has 0 atom stereocenters. The van der Waals surface area contributed by atoms with E-state index in [1.807, 2.05) is 0 Å². The van der Waals surface area contributed by atoms with Crippen LogP contribution in [0, 0.1) is 0 Å². The van der Waals surface area contributed by atoms with Crippen molar-refractivity contribution >= 4 is 17.4 Å². The molecule has 0 aliphatic rings. The molecule has 0 saturated carbocycles. The molecule has 0 fully saturated rings. The Morgan fingerprint density at radius 2 is 2.00 bits per heavy atom. The largest absolute Gasteiger partial charge is 0.409 e. The lowest BCUT2D eigenvalue weighted by molar-refractivity contribution is 0.102. The summed E-state index contributed by atoms with van der Waals surface area (Å²) in [5.74, 6) is -0.134. The minimum Gasteiger partial charge on any atom is -0.409 e. The minimum atomic E-state index is -0.269. The van der Waals surface area contributed by atoms with Crippen LogP contribution in [0.1, 0.15) is 16.1 Å². The Morgan fingerprint density at radius 3 is 2.60 bits per heavy atom. The van der Waals surface area contributed by atoms with Crippen molar-refractivity contribution in [2.45, 2.75) is 6.42 Å². The van der Waals surface area contributed by atoms with E-state index in [2.05, 4.69) is 15.5 Å². The van der Waals surface area contributed by atoms with Crippen LogP contribution in [0.2, 0.25) is 0 Å². The van der Waals surface area contributed by atoms with Gasteiger partial charge in [-0.25, -0.2) is 0 Å². The van der Waals surface area contributed by atoms with Crippen molar-refractivity contribution in [1.29, 1.82) is 0 Å². The highest BCUT2D eigenvalue weighted by molar-refractivity contribution is 6.02. The number of pyridine rings is 1. The van der Waals surface area contributed by atoms with Crippen LogP contribution in [0.15, 0.2) is 53.8 Å². The maximum Gasteiger partial charge on any atom is 0.274 e. The number of rotatable bonds is 4. The van der Waals surface area contributed by atoms with Gasteiger partial charge in [0.15, 0.2) is 0 Å². The number of nitrogens with two attached hydrogens (primary N) is 1. The number of nitrogens with zero attached hydrogens (tertiary/aromatic N) is 2. The summed E-state index contributed by atoms with van der Waals surface area (Å²) in [5.41, 5.74) is 7.32. The van der Waals surface area contributed by atoms with Gasteiger partial charge in [0.05, 0.1) is 0 Å². The molecule has 0 spiro atoms. The average molecular weight is 270 g/mol. The first-order valence-electron chi connectivity index (χ1n) is 5.97. The van der Waals surface area contributed by atoms with E-state index in [0.717, 1.165) is 5.56 Å². The molecule has 20 heavy (non-hydrogen) atoms. The van der Waals surface area contributed by atoms with E-state index in [1.54, 1.807) is 48.7 Å². The molecule has 0 unspecified atom stereocenters. The van der Waals surface area contributed by atoms with Crippen LogP contribution in [0.25, 0.3) is 0 Å². The third kappa shape index (κ3) is 3.55. The number of benzene rings is 1. The molecule has 6 nitrogen and oxygen atoms in total. The van der Waals surface area contributed by atoms with Gasteiger partial charge in [0.2, 0.25) is 0 Å². The molecule has 0 aliphatic carbocycles. The third-order valence-corrected chi connectivity index (χ3v) is 2.62. The van der Waals surface area contributed by atoms with E-state index in [4.69, 9.17) is 10.9 Å².